The van der Waals surface area contributed by atoms with E-state index in [0.29, 0.717) is 5.02 Å². The molecule has 1 aliphatic carbocycles. The number of aromatic nitrogens is 2. The highest BCUT2D eigenvalue weighted by atomic mass is 35.5. The van der Waals surface area contributed by atoms with Crippen molar-refractivity contribution in [1.29, 1.82) is 0 Å². The van der Waals surface area contributed by atoms with Crippen LogP contribution in [0.1, 0.15) is 0 Å². The fourth-order valence-electron chi connectivity index (χ4n) is 1.98. The van der Waals surface area contributed by atoms with E-state index in [9.17, 15) is 0 Å². The number of hydrogen-bond acceptors (Lipinski definition) is 4. The van der Waals surface area contributed by atoms with Gasteiger partial charge in [-0.2, -0.15) is 0 Å². The van der Waals surface area contributed by atoms with Crippen molar-refractivity contribution in [2.75, 3.05) is 31.1 Å². The van der Waals surface area contributed by atoms with E-state index < -0.39 is 0 Å². The van der Waals surface area contributed by atoms with Gasteiger partial charge < -0.3 is 10.2 Å². The van der Waals surface area contributed by atoms with Crippen molar-refractivity contribution in [3.05, 3.63) is 29.3 Å². The summed E-state index contributed by atoms with van der Waals surface area (Å²) in [4.78, 5) is 11.3. The molecule has 0 saturated carbocycles. The summed E-state index contributed by atoms with van der Waals surface area (Å²) >= 11 is 5.93. The van der Waals surface area contributed by atoms with Crippen LogP contribution >= 0.6 is 24.0 Å². The highest BCUT2D eigenvalue weighted by molar-refractivity contribution is 6.30. The third-order valence-electron chi connectivity index (χ3n) is 2.90. The predicted octanol–water partition coefficient (Wildman–Crippen LogP) is 2.07. The normalized spacial score (nSPS) is 15.5. The minimum absolute atomic E-state index is 0. The van der Waals surface area contributed by atoms with Crippen molar-refractivity contribution in [3.8, 4) is 11.4 Å². The van der Waals surface area contributed by atoms with Crippen molar-refractivity contribution in [3.63, 3.8) is 0 Å². The molecule has 18 heavy (non-hydrogen) atoms. The fraction of sp³-hybridized carbons (Fsp3) is 0.333. The minimum Gasteiger partial charge on any atom is -0.338 e. The van der Waals surface area contributed by atoms with E-state index in [1.54, 1.807) is 0 Å². The van der Waals surface area contributed by atoms with Crippen molar-refractivity contribution < 1.29 is 0 Å². The largest absolute Gasteiger partial charge is 0.338 e. The van der Waals surface area contributed by atoms with Gasteiger partial charge in [0.2, 0.25) is 5.95 Å². The monoisotopic (exact) mass is 284 g/mol. The van der Waals surface area contributed by atoms with Crippen molar-refractivity contribution in [1.82, 2.24) is 15.3 Å². The average Bonchev–Trinajstić information content (AvgIpc) is 2.71. The summed E-state index contributed by atoms with van der Waals surface area (Å²) in [6, 6.07) is 7.52. The molecule has 0 bridgehead atoms. The molecular formula is C12H14Cl2N4. The molecule has 0 spiro atoms. The molecule has 2 aliphatic heterocycles. The molecule has 1 N–H and O–H groups in total. The summed E-state index contributed by atoms with van der Waals surface area (Å²) in [5, 5.41) is 4.02. The van der Waals surface area contributed by atoms with E-state index >= 15 is 0 Å². The van der Waals surface area contributed by atoms with Gasteiger partial charge in [0.25, 0.3) is 0 Å². The van der Waals surface area contributed by atoms with Crippen LogP contribution in [0.2, 0.25) is 5.02 Å². The van der Waals surface area contributed by atoms with Crippen molar-refractivity contribution >= 4 is 30.0 Å². The van der Waals surface area contributed by atoms with Crippen LogP contribution < -0.4 is 10.2 Å². The molecule has 0 aromatic heterocycles. The Labute approximate surface area is 117 Å². The van der Waals surface area contributed by atoms with Gasteiger partial charge in [0.15, 0.2) is 0 Å². The second-order valence-electron chi connectivity index (χ2n) is 4.08. The van der Waals surface area contributed by atoms with Crippen LogP contribution in [0.3, 0.4) is 0 Å². The molecule has 4 nitrogen and oxygen atoms in total. The quantitative estimate of drug-likeness (QED) is 0.871. The highest BCUT2D eigenvalue weighted by Crippen LogP contribution is 2.23. The molecule has 0 aromatic carbocycles. The Hall–Kier alpha value is -1.10. The van der Waals surface area contributed by atoms with Gasteiger partial charge in [0, 0.05) is 31.2 Å². The van der Waals surface area contributed by atoms with Gasteiger partial charge in [-0.25, -0.2) is 9.97 Å². The molecule has 3 aliphatic rings. The summed E-state index contributed by atoms with van der Waals surface area (Å²) < 4.78 is 0. The minimum atomic E-state index is 0. The number of halogens is 2. The molecule has 0 aromatic rings. The lowest BCUT2D eigenvalue weighted by molar-refractivity contribution is 0.582. The van der Waals surface area contributed by atoms with Crippen LogP contribution in [0.5, 0.6) is 0 Å². The number of rotatable bonds is 1. The van der Waals surface area contributed by atoms with Gasteiger partial charge in [-0.3, -0.25) is 0 Å². The first-order valence-electron chi connectivity index (χ1n) is 5.72. The Balaban J connectivity index is 0.00000120. The van der Waals surface area contributed by atoms with Gasteiger partial charge in [-0.05, 0) is 24.3 Å². The molecule has 1 fully saturated rings. The van der Waals surface area contributed by atoms with Crippen LogP contribution in [0.15, 0.2) is 24.3 Å². The maximum atomic E-state index is 5.93. The molecule has 6 heteroatoms. The van der Waals surface area contributed by atoms with E-state index in [-0.39, 0.29) is 12.4 Å². The summed E-state index contributed by atoms with van der Waals surface area (Å²) in [7, 11) is 0. The molecule has 3 rings (SSSR count). The van der Waals surface area contributed by atoms with E-state index in [1.807, 2.05) is 24.3 Å². The van der Waals surface area contributed by atoms with Gasteiger partial charge in [-0.15, -0.1) is 12.4 Å². The number of fused-ring (bicyclic) bond motifs is 1. The second kappa shape index (κ2) is 5.69. The number of piperazine rings is 1. The average molecular weight is 285 g/mol. The van der Waals surface area contributed by atoms with Gasteiger partial charge in [-0.1, -0.05) is 11.6 Å². The zero-order valence-corrected chi connectivity index (χ0v) is 11.3. The third-order valence-corrected chi connectivity index (χ3v) is 3.16. The number of nitrogens with zero attached hydrogens (tertiary/aromatic N) is 3. The van der Waals surface area contributed by atoms with Crippen LogP contribution in [0, 0.1) is 0 Å². The lowest BCUT2D eigenvalue weighted by atomic mass is 10.3. The van der Waals surface area contributed by atoms with Crippen molar-refractivity contribution in [2.24, 2.45) is 0 Å². The van der Waals surface area contributed by atoms with E-state index in [0.717, 1.165) is 43.5 Å². The van der Waals surface area contributed by atoms with Gasteiger partial charge in [0.1, 0.15) is 0 Å². The number of anilines is 1. The van der Waals surface area contributed by atoms with E-state index in [2.05, 4.69) is 20.2 Å². The molecule has 0 atom stereocenters. The Bertz CT molecular complexity index is 466. The van der Waals surface area contributed by atoms with Crippen LogP contribution in [0.4, 0.5) is 5.95 Å². The molecule has 0 unspecified atom stereocenters. The standard InChI is InChI=1S/C12H13ClN4.ClH/c13-9-1-3-10-11(4-2-9)16-12(15-10)17-7-5-14-6-8-17;/h1-4,14H,5-8H2;1H. The topological polar surface area (TPSA) is 41.1 Å². The Morgan fingerprint density at radius 1 is 1.00 bits per heavy atom. The van der Waals surface area contributed by atoms with Gasteiger partial charge in [0.05, 0.1) is 11.4 Å². The molecular weight excluding hydrogens is 271 g/mol. The van der Waals surface area contributed by atoms with E-state index in [4.69, 9.17) is 11.6 Å². The SMILES string of the molecule is Cl.Clc1ccc2nc(N3CCNCC3)nc-2cc1. The maximum absolute atomic E-state index is 5.93. The lowest BCUT2D eigenvalue weighted by Gasteiger charge is -2.26. The maximum Gasteiger partial charge on any atom is 0.226 e. The smallest absolute Gasteiger partial charge is 0.226 e. The van der Waals surface area contributed by atoms with E-state index in [1.165, 1.54) is 0 Å². The molecule has 2 heterocycles. The first kappa shape index (κ1) is 13.3. The Morgan fingerprint density at radius 2 is 1.56 bits per heavy atom. The van der Waals surface area contributed by atoms with Gasteiger partial charge >= 0.3 is 0 Å². The highest BCUT2D eigenvalue weighted by Gasteiger charge is 2.17. The first-order valence-corrected chi connectivity index (χ1v) is 6.10. The predicted molar refractivity (Wildman–Crippen MR) is 76.0 cm³/mol. The third kappa shape index (κ3) is 2.66. The summed E-state index contributed by atoms with van der Waals surface area (Å²) in [6.07, 6.45) is 0. The Morgan fingerprint density at radius 3 is 2.11 bits per heavy atom. The molecule has 1 saturated heterocycles. The fourth-order valence-corrected chi connectivity index (χ4v) is 2.11. The Kier molecular flexibility index (Phi) is 4.22. The number of hydrogen-bond donors (Lipinski definition) is 1. The summed E-state index contributed by atoms with van der Waals surface area (Å²) in [5.41, 5.74) is 1.79. The zero-order valence-electron chi connectivity index (χ0n) is 9.77. The second-order valence-corrected chi connectivity index (χ2v) is 4.52. The summed E-state index contributed by atoms with van der Waals surface area (Å²) in [6.45, 7) is 3.90. The molecule has 96 valence electrons. The first-order chi connectivity index (χ1) is 8.33. The lowest BCUT2D eigenvalue weighted by Crippen LogP contribution is -2.44. The van der Waals surface area contributed by atoms with Crippen LogP contribution in [-0.2, 0) is 0 Å². The van der Waals surface area contributed by atoms with Crippen molar-refractivity contribution in [2.45, 2.75) is 0 Å². The number of nitrogens with one attached hydrogen (secondary N) is 1. The summed E-state index contributed by atoms with van der Waals surface area (Å²) in [5.74, 6) is 0.823. The van der Waals surface area contributed by atoms with Crippen LogP contribution in [0.25, 0.3) is 11.4 Å². The van der Waals surface area contributed by atoms with Crippen LogP contribution in [-0.4, -0.2) is 36.1 Å². The zero-order chi connectivity index (χ0) is 11.7. The molecule has 0 radical (unpaired) electrons. The molecule has 0 amide bonds. The number of imidazole rings is 1.